The lowest BCUT2D eigenvalue weighted by Gasteiger charge is -2.26. The lowest BCUT2D eigenvalue weighted by Crippen LogP contribution is -2.42. The summed E-state index contributed by atoms with van der Waals surface area (Å²) in [5.41, 5.74) is -2.91. The van der Waals surface area contributed by atoms with Crippen LogP contribution in [0.2, 0.25) is 0 Å². The second-order valence-electron chi connectivity index (χ2n) is 10.3. The summed E-state index contributed by atoms with van der Waals surface area (Å²) in [6.45, 7) is 7.99. The molecule has 5 atom stereocenters. The van der Waals surface area contributed by atoms with Crippen LogP contribution in [-0.4, -0.2) is 34.9 Å². The van der Waals surface area contributed by atoms with Gasteiger partial charge in [0.2, 0.25) is 0 Å². The first-order valence-electron chi connectivity index (χ1n) is 15.2. The molecule has 5 unspecified atom stereocenters. The van der Waals surface area contributed by atoms with Gasteiger partial charge >= 0.3 is 20.0 Å². The van der Waals surface area contributed by atoms with Crippen molar-refractivity contribution >= 4 is 27.1 Å². The average Bonchev–Trinajstić information content (AvgIpc) is 2.88. The van der Waals surface area contributed by atoms with E-state index in [1.807, 2.05) is 6.92 Å². The van der Waals surface area contributed by atoms with Crippen molar-refractivity contribution in [2.45, 2.75) is 167 Å². The molecule has 0 saturated carbocycles. The molecule has 220 valence electrons. The molecule has 0 aliphatic heterocycles. The van der Waals surface area contributed by atoms with Gasteiger partial charge in [0, 0.05) is 0 Å². The molecule has 0 aliphatic carbocycles. The molecular formula is C29H58O6PS+. The van der Waals surface area contributed by atoms with Crippen molar-refractivity contribution < 1.29 is 28.7 Å². The minimum absolute atomic E-state index is 0.0564. The molecule has 8 heteroatoms. The number of esters is 1. The van der Waals surface area contributed by atoms with Gasteiger partial charge in [-0.1, -0.05) is 134 Å². The van der Waals surface area contributed by atoms with E-state index in [0.29, 0.717) is 12.3 Å². The highest BCUT2D eigenvalue weighted by molar-refractivity contribution is 7.80. The Hall–Kier alpha value is -0.200. The van der Waals surface area contributed by atoms with Gasteiger partial charge in [-0.3, -0.25) is 4.74 Å². The van der Waals surface area contributed by atoms with Crippen molar-refractivity contribution in [2.75, 3.05) is 6.61 Å². The highest BCUT2D eigenvalue weighted by Crippen LogP contribution is 2.30. The summed E-state index contributed by atoms with van der Waals surface area (Å²) in [6, 6.07) is 0. The molecule has 0 heterocycles. The first kappa shape index (κ1) is 36.8. The summed E-state index contributed by atoms with van der Waals surface area (Å²) in [6.07, 6.45) is 22.1. The molecule has 0 aromatic heterocycles. The SMILES string of the molecule is CCCCCCCCCCC(CCCCCCCCC)CC(S)OC(CC)OC(O)([PH+]=O)C(=O)OCC. The number of thiol groups is 1. The summed E-state index contributed by atoms with van der Waals surface area (Å²) in [5, 5.41) is 10.4. The third-order valence-corrected chi connectivity index (χ3v) is 7.78. The fourth-order valence-electron chi connectivity index (χ4n) is 4.59. The van der Waals surface area contributed by atoms with Crippen molar-refractivity contribution in [3.05, 3.63) is 0 Å². The number of unbranched alkanes of at least 4 members (excludes halogenated alkanes) is 13. The molecule has 6 nitrogen and oxygen atoms in total. The lowest BCUT2D eigenvalue weighted by atomic mass is 9.91. The molecule has 0 aromatic carbocycles. The highest BCUT2D eigenvalue weighted by atomic mass is 32.1. The third-order valence-electron chi connectivity index (χ3n) is 6.85. The van der Waals surface area contributed by atoms with E-state index in [-0.39, 0.29) is 6.61 Å². The molecule has 0 spiro atoms. The topological polar surface area (TPSA) is 82.1 Å². The molecule has 0 rings (SSSR count). The standard InChI is InChI=1S/C29H57O6PS/c1-5-9-11-13-15-17-19-21-23-25(22-20-18-16-14-12-10-6-2)24-27(37)34-26(7-3)35-29(31,36-32)28(30)33-8-4/h25-27,31,37H,5-24H2,1-4H3/p+1. The van der Waals surface area contributed by atoms with E-state index in [1.54, 1.807) is 6.92 Å². The van der Waals surface area contributed by atoms with Gasteiger partial charge in [-0.25, -0.2) is 4.79 Å². The average molecular weight is 566 g/mol. The van der Waals surface area contributed by atoms with Gasteiger partial charge in [-0.15, -0.1) is 12.6 Å². The molecule has 1 N–H and O–H groups in total. The number of rotatable bonds is 27. The van der Waals surface area contributed by atoms with Crippen molar-refractivity contribution in [3.8, 4) is 0 Å². The van der Waals surface area contributed by atoms with Crippen LogP contribution in [0.15, 0.2) is 0 Å². The van der Waals surface area contributed by atoms with E-state index in [1.165, 1.54) is 96.3 Å². The summed E-state index contributed by atoms with van der Waals surface area (Å²) < 4.78 is 27.7. The Labute approximate surface area is 235 Å². The van der Waals surface area contributed by atoms with Crippen LogP contribution in [0.25, 0.3) is 0 Å². The molecule has 0 radical (unpaired) electrons. The van der Waals surface area contributed by atoms with E-state index < -0.39 is 31.7 Å². The van der Waals surface area contributed by atoms with Crippen LogP contribution in [-0.2, 0) is 23.6 Å². The Morgan fingerprint density at radius 2 is 1.27 bits per heavy atom. The van der Waals surface area contributed by atoms with Crippen LogP contribution in [0.5, 0.6) is 0 Å². The maximum absolute atomic E-state index is 12.0. The quantitative estimate of drug-likeness (QED) is 0.0340. The number of ether oxygens (including phenoxy) is 3. The maximum atomic E-state index is 12.0. The Balaban J connectivity index is 4.72. The predicted octanol–water partition coefficient (Wildman–Crippen LogP) is 8.92. The van der Waals surface area contributed by atoms with Gasteiger partial charge in [-0.05, 0) is 25.7 Å². The van der Waals surface area contributed by atoms with Gasteiger partial charge in [0.1, 0.15) is 5.44 Å². The van der Waals surface area contributed by atoms with Crippen LogP contribution >= 0.6 is 21.1 Å². The van der Waals surface area contributed by atoms with E-state index in [2.05, 4.69) is 26.5 Å². The maximum Gasteiger partial charge on any atom is 0.472 e. The first-order chi connectivity index (χ1) is 17.9. The summed E-state index contributed by atoms with van der Waals surface area (Å²) in [4.78, 5) is 12.0. The van der Waals surface area contributed by atoms with Crippen molar-refractivity contribution in [1.82, 2.24) is 0 Å². The predicted molar refractivity (Wildman–Crippen MR) is 158 cm³/mol. The third kappa shape index (κ3) is 19.5. The molecule has 0 amide bonds. The zero-order chi connectivity index (χ0) is 27.8. The largest absolute Gasteiger partial charge is 0.472 e. The number of hydrogen-bond donors (Lipinski definition) is 2. The van der Waals surface area contributed by atoms with E-state index in [0.717, 1.165) is 19.3 Å². The van der Waals surface area contributed by atoms with Crippen LogP contribution in [0, 0.1) is 5.92 Å². The first-order valence-corrected chi connectivity index (χ1v) is 16.6. The molecule has 0 aromatic rings. The Morgan fingerprint density at radius 3 is 1.68 bits per heavy atom. The zero-order valence-corrected chi connectivity index (χ0v) is 26.2. The van der Waals surface area contributed by atoms with E-state index >= 15 is 0 Å². The van der Waals surface area contributed by atoms with Gasteiger partial charge < -0.3 is 14.6 Å². The molecule has 0 saturated heterocycles. The van der Waals surface area contributed by atoms with Crippen molar-refractivity contribution in [1.29, 1.82) is 0 Å². The van der Waals surface area contributed by atoms with Crippen LogP contribution in [0.4, 0.5) is 0 Å². The minimum atomic E-state index is -2.52. The van der Waals surface area contributed by atoms with Gasteiger partial charge in [0.05, 0.1) is 6.61 Å². The fraction of sp³-hybridized carbons (Fsp3) is 0.966. The Bertz CT molecular complexity index is 552. The monoisotopic (exact) mass is 565 g/mol. The lowest BCUT2D eigenvalue weighted by molar-refractivity contribution is -0.258. The van der Waals surface area contributed by atoms with Crippen LogP contribution < -0.4 is 0 Å². The number of carbonyl (C=O) groups is 1. The second-order valence-corrected chi connectivity index (χ2v) is 11.7. The van der Waals surface area contributed by atoms with Gasteiger partial charge in [0.15, 0.2) is 6.29 Å². The summed E-state index contributed by atoms with van der Waals surface area (Å²) in [5.74, 6) is -0.548. The number of hydrogen-bond acceptors (Lipinski definition) is 7. The molecule has 0 fully saturated rings. The highest BCUT2D eigenvalue weighted by Gasteiger charge is 2.51. The van der Waals surface area contributed by atoms with Gasteiger partial charge in [-0.2, -0.15) is 0 Å². The minimum Gasteiger partial charge on any atom is -0.458 e. The van der Waals surface area contributed by atoms with Crippen molar-refractivity contribution in [3.63, 3.8) is 0 Å². The second kappa shape index (κ2) is 24.8. The summed E-state index contributed by atoms with van der Waals surface area (Å²) in [7, 11) is -1.42. The Morgan fingerprint density at radius 1 is 0.811 bits per heavy atom. The van der Waals surface area contributed by atoms with Crippen molar-refractivity contribution in [2.24, 2.45) is 5.92 Å². The molecule has 37 heavy (non-hydrogen) atoms. The fourth-order valence-corrected chi connectivity index (χ4v) is 5.36. The smallest absolute Gasteiger partial charge is 0.458 e. The van der Waals surface area contributed by atoms with Crippen LogP contribution in [0.3, 0.4) is 0 Å². The Kier molecular flexibility index (Phi) is 24.7. The number of aliphatic hydroxyl groups is 1. The van der Waals surface area contributed by atoms with Gasteiger partial charge in [0.25, 0.3) is 0 Å². The summed E-state index contributed by atoms with van der Waals surface area (Å²) >= 11 is 4.67. The van der Waals surface area contributed by atoms with E-state index in [9.17, 15) is 14.5 Å². The normalized spacial score (nSPS) is 15.8. The van der Waals surface area contributed by atoms with E-state index in [4.69, 9.17) is 14.2 Å². The molecule has 0 aliphatic rings. The van der Waals surface area contributed by atoms with Crippen LogP contribution in [0.1, 0.15) is 150 Å². The molecular weight excluding hydrogens is 507 g/mol. The molecule has 0 bridgehead atoms. The number of carbonyl (C=O) groups excluding carboxylic acids is 1. The zero-order valence-electron chi connectivity index (χ0n) is 24.3.